The van der Waals surface area contributed by atoms with Crippen LogP contribution < -0.4 is 20.7 Å². The fourth-order valence-electron chi connectivity index (χ4n) is 4.85. The molecule has 4 rings (SSSR count). The Bertz CT molecular complexity index is 969. The standard InChI is InChI=1S/C28H28Si/c1-21-13-5-9-17-25(21)29(26-18-10-6-14-22(26)2,27-19-11-7-15-23(27)3)28-20-12-8-16-24(28)4/h5-20H,1-4H3. The molecule has 0 saturated carbocycles. The second-order valence-electron chi connectivity index (χ2n) is 8.01. The Morgan fingerprint density at radius 1 is 0.345 bits per heavy atom. The van der Waals surface area contributed by atoms with Crippen LogP contribution in [0, 0.1) is 27.7 Å². The van der Waals surface area contributed by atoms with E-state index in [2.05, 4.69) is 125 Å². The van der Waals surface area contributed by atoms with Gasteiger partial charge in [-0.05, 0) is 48.4 Å². The first-order chi connectivity index (χ1) is 14.1. The quantitative estimate of drug-likeness (QED) is 0.359. The monoisotopic (exact) mass is 392 g/mol. The van der Waals surface area contributed by atoms with Crippen molar-refractivity contribution in [2.45, 2.75) is 27.7 Å². The summed E-state index contributed by atoms with van der Waals surface area (Å²) in [7, 11) is -2.48. The van der Waals surface area contributed by atoms with E-state index in [-0.39, 0.29) is 0 Å². The third-order valence-corrected chi connectivity index (χ3v) is 11.7. The maximum Gasteiger partial charge on any atom is 0.180 e. The molecule has 0 radical (unpaired) electrons. The van der Waals surface area contributed by atoms with Crippen molar-refractivity contribution in [1.29, 1.82) is 0 Å². The largest absolute Gasteiger partial charge is 0.180 e. The molecule has 0 aromatic heterocycles. The minimum atomic E-state index is -2.48. The van der Waals surface area contributed by atoms with Gasteiger partial charge in [-0.25, -0.2) is 0 Å². The van der Waals surface area contributed by atoms with E-state index in [9.17, 15) is 0 Å². The molecule has 0 aliphatic rings. The first kappa shape index (κ1) is 19.4. The molecule has 0 aliphatic carbocycles. The maximum absolute atomic E-state index is 2.48. The summed E-state index contributed by atoms with van der Waals surface area (Å²) in [6, 6.07) is 36.0. The Morgan fingerprint density at radius 3 is 0.759 bits per heavy atom. The van der Waals surface area contributed by atoms with E-state index < -0.39 is 8.07 Å². The first-order valence-corrected chi connectivity index (χ1v) is 12.3. The van der Waals surface area contributed by atoms with E-state index in [1.54, 1.807) is 0 Å². The lowest BCUT2D eigenvalue weighted by Gasteiger charge is -2.38. The van der Waals surface area contributed by atoms with Gasteiger partial charge in [-0.1, -0.05) is 119 Å². The zero-order valence-corrected chi connectivity index (χ0v) is 18.7. The van der Waals surface area contributed by atoms with Crippen LogP contribution in [0.5, 0.6) is 0 Å². The van der Waals surface area contributed by atoms with E-state index in [4.69, 9.17) is 0 Å². The predicted octanol–water partition coefficient (Wildman–Crippen LogP) is 4.30. The van der Waals surface area contributed by atoms with Crippen molar-refractivity contribution in [1.82, 2.24) is 0 Å². The molecule has 4 aromatic rings. The Labute approximate surface area is 175 Å². The smallest absolute Gasteiger partial charge is 0.0623 e. The van der Waals surface area contributed by atoms with Gasteiger partial charge in [0.05, 0.1) is 0 Å². The Hall–Kier alpha value is -2.90. The molecule has 4 aromatic carbocycles. The fraction of sp³-hybridized carbons (Fsp3) is 0.143. The van der Waals surface area contributed by atoms with Gasteiger partial charge >= 0.3 is 0 Å². The molecule has 0 fully saturated rings. The SMILES string of the molecule is Cc1ccccc1[Si](c1ccccc1C)(c1ccccc1C)c1ccccc1C. The molecule has 144 valence electrons. The molecular weight excluding hydrogens is 364 g/mol. The van der Waals surface area contributed by atoms with Gasteiger partial charge in [-0.3, -0.25) is 0 Å². The Balaban J connectivity index is 2.28. The molecule has 0 aliphatic heterocycles. The molecular formula is C28H28Si. The molecule has 0 heterocycles. The van der Waals surface area contributed by atoms with Crippen LogP contribution in [-0.4, -0.2) is 8.07 Å². The van der Waals surface area contributed by atoms with Crippen LogP contribution in [0.1, 0.15) is 22.3 Å². The molecule has 0 unspecified atom stereocenters. The van der Waals surface area contributed by atoms with Crippen LogP contribution in [0.15, 0.2) is 97.1 Å². The Kier molecular flexibility index (Phi) is 5.25. The summed E-state index contributed by atoms with van der Waals surface area (Å²) in [6.45, 7) is 9.08. The third-order valence-electron chi connectivity index (χ3n) is 6.20. The third kappa shape index (κ3) is 3.16. The predicted molar refractivity (Wildman–Crippen MR) is 129 cm³/mol. The minimum absolute atomic E-state index is 1.37. The summed E-state index contributed by atoms with van der Waals surface area (Å²) >= 11 is 0. The van der Waals surface area contributed by atoms with Gasteiger partial charge in [0.2, 0.25) is 0 Å². The second kappa shape index (κ2) is 7.85. The van der Waals surface area contributed by atoms with Crippen molar-refractivity contribution in [2.75, 3.05) is 0 Å². The van der Waals surface area contributed by atoms with Crippen molar-refractivity contribution < 1.29 is 0 Å². The van der Waals surface area contributed by atoms with Crippen LogP contribution in [-0.2, 0) is 0 Å². The van der Waals surface area contributed by atoms with Crippen molar-refractivity contribution in [3.05, 3.63) is 119 Å². The van der Waals surface area contributed by atoms with E-state index >= 15 is 0 Å². The van der Waals surface area contributed by atoms with Gasteiger partial charge in [0.15, 0.2) is 8.07 Å². The summed E-state index contributed by atoms with van der Waals surface area (Å²) in [6.07, 6.45) is 0. The van der Waals surface area contributed by atoms with Gasteiger partial charge in [-0.15, -0.1) is 0 Å². The van der Waals surface area contributed by atoms with Crippen LogP contribution >= 0.6 is 0 Å². The zero-order chi connectivity index (χ0) is 20.4. The number of aryl methyl sites for hydroxylation is 4. The summed E-state index contributed by atoms with van der Waals surface area (Å²) in [5.74, 6) is 0. The van der Waals surface area contributed by atoms with Gasteiger partial charge in [0.25, 0.3) is 0 Å². The summed E-state index contributed by atoms with van der Waals surface area (Å²) in [4.78, 5) is 0. The average molecular weight is 393 g/mol. The van der Waals surface area contributed by atoms with Crippen LogP contribution in [0.4, 0.5) is 0 Å². The average Bonchev–Trinajstić information content (AvgIpc) is 2.73. The molecule has 0 nitrogen and oxygen atoms in total. The van der Waals surface area contributed by atoms with Crippen molar-refractivity contribution >= 4 is 28.8 Å². The molecule has 0 atom stereocenters. The van der Waals surface area contributed by atoms with E-state index in [1.807, 2.05) is 0 Å². The summed E-state index contributed by atoms with van der Waals surface area (Å²) in [5.41, 5.74) is 5.48. The normalized spacial score (nSPS) is 11.4. The van der Waals surface area contributed by atoms with Crippen LogP contribution in [0.3, 0.4) is 0 Å². The highest BCUT2D eigenvalue weighted by Gasteiger charge is 2.44. The van der Waals surface area contributed by atoms with Crippen LogP contribution in [0.2, 0.25) is 0 Å². The Morgan fingerprint density at radius 2 is 0.552 bits per heavy atom. The molecule has 0 saturated heterocycles. The zero-order valence-electron chi connectivity index (χ0n) is 17.7. The van der Waals surface area contributed by atoms with Gasteiger partial charge in [-0.2, -0.15) is 0 Å². The van der Waals surface area contributed by atoms with Gasteiger partial charge in [0.1, 0.15) is 0 Å². The van der Waals surface area contributed by atoms with Gasteiger partial charge in [0, 0.05) is 0 Å². The lowest BCUT2D eigenvalue weighted by molar-refractivity contribution is 1.44. The van der Waals surface area contributed by atoms with E-state index in [0.717, 1.165) is 0 Å². The molecule has 0 amide bonds. The number of hydrogen-bond donors (Lipinski definition) is 0. The highest BCUT2D eigenvalue weighted by molar-refractivity contribution is 7.20. The lowest BCUT2D eigenvalue weighted by atomic mass is 10.2. The molecule has 0 spiro atoms. The molecule has 1 heteroatoms. The number of hydrogen-bond acceptors (Lipinski definition) is 0. The second-order valence-corrected chi connectivity index (χ2v) is 11.7. The van der Waals surface area contributed by atoms with Crippen molar-refractivity contribution in [3.8, 4) is 0 Å². The van der Waals surface area contributed by atoms with E-state index in [1.165, 1.54) is 43.0 Å². The maximum atomic E-state index is 2.37. The molecule has 29 heavy (non-hydrogen) atoms. The van der Waals surface area contributed by atoms with Crippen molar-refractivity contribution in [3.63, 3.8) is 0 Å². The highest BCUT2D eigenvalue weighted by atomic mass is 28.3. The topological polar surface area (TPSA) is 0 Å². The minimum Gasteiger partial charge on any atom is -0.0623 e. The fourth-order valence-corrected chi connectivity index (χ4v) is 10.7. The molecule has 0 N–H and O–H groups in total. The van der Waals surface area contributed by atoms with Crippen molar-refractivity contribution in [2.24, 2.45) is 0 Å². The molecule has 0 bridgehead atoms. The first-order valence-electron chi connectivity index (χ1n) is 10.3. The van der Waals surface area contributed by atoms with Gasteiger partial charge < -0.3 is 0 Å². The summed E-state index contributed by atoms with van der Waals surface area (Å²) < 4.78 is 0. The number of benzene rings is 4. The lowest BCUT2D eigenvalue weighted by Crippen LogP contribution is -2.76. The summed E-state index contributed by atoms with van der Waals surface area (Å²) in [5, 5.41) is 5.94. The highest BCUT2D eigenvalue weighted by Crippen LogP contribution is 2.16. The van der Waals surface area contributed by atoms with Crippen LogP contribution in [0.25, 0.3) is 0 Å². The van der Waals surface area contributed by atoms with E-state index in [0.29, 0.717) is 0 Å². The number of rotatable bonds is 4.